The second-order valence-corrected chi connectivity index (χ2v) is 4.49. The Labute approximate surface area is 115 Å². The van der Waals surface area contributed by atoms with Crippen molar-refractivity contribution < 1.29 is 18.7 Å². The van der Waals surface area contributed by atoms with Crippen molar-refractivity contribution in [3.8, 4) is 17.6 Å². The van der Waals surface area contributed by atoms with Gasteiger partial charge in [-0.25, -0.2) is 0 Å². The van der Waals surface area contributed by atoms with Gasteiger partial charge in [-0.1, -0.05) is 6.07 Å². The zero-order chi connectivity index (χ0) is 14.1. The van der Waals surface area contributed by atoms with Gasteiger partial charge in [0.1, 0.15) is 17.9 Å². The molecule has 0 spiro atoms. The SMILES string of the molecule is Cc1cc(C(=O)C(C#N)c2ccc3c(c2)OCO3)co1. The minimum absolute atomic E-state index is 0.158. The van der Waals surface area contributed by atoms with E-state index in [1.165, 1.54) is 6.26 Å². The lowest BCUT2D eigenvalue weighted by molar-refractivity contribution is 0.0978. The number of furan rings is 1. The largest absolute Gasteiger partial charge is 0.469 e. The molecule has 0 radical (unpaired) electrons. The summed E-state index contributed by atoms with van der Waals surface area (Å²) in [6.07, 6.45) is 1.37. The van der Waals surface area contributed by atoms with Crippen LogP contribution in [0.5, 0.6) is 11.5 Å². The van der Waals surface area contributed by atoms with Crippen LogP contribution in [0, 0.1) is 18.3 Å². The Bertz CT molecular complexity index is 711. The van der Waals surface area contributed by atoms with Crippen molar-refractivity contribution in [1.82, 2.24) is 0 Å². The Morgan fingerprint density at radius 3 is 2.80 bits per heavy atom. The molecule has 1 aliphatic heterocycles. The smallest absolute Gasteiger partial charge is 0.231 e. The first kappa shape index (κ1) is 12.3. The molecule has 5 heteroatoms. The lowest BCUT2D eigenvalue weighted by Gasteiger charge is -2.08. The van der Waals surface area contributed by atoms with Crippen LogP contribution in [0.2, 0.25) is 0 Å². The molecule has 0 amide bonds. The molecule has 1 aromatic carbocycles. The van der Waals surface area contributed by atoms with E-state index in [1.54, 1.807) is 31.2 Å². The van der Waals surface area contributed by atoms with Crippen molar-refractivity contribution in [2.45, 2.75) is 12.8 Å². The van der Waals surface area contributed by atoms with Crippen molar-refractivity contribution in [3.63, 3.8) is 0 Å². The second kappa shape index (κ2) is 4.74. The van der Waals surface area contributed by atoms with Crippen LogP contribution >= 0.6 is 0 Å². The summed E-state index contributed by atoms with van der Waals surface area (Å²) >= 11 is 0. The van der Waals surface area contributed by atoms with Crippen molar-refractivity contribution in [2.75, 3.05) is 6.79 Å². The van der Waals surface area contributed by atoms with Gasteiger partial charge in [-0.05, 0) is 30.7 Å². The minimum Gasteiger partial charge on any atom is -0.469 e. The van der Waals surface area contributed by atoms with Gasteiger partial charge in [0.2, 0.25) is 6.79 Å². The number of hydrogen-bond acceptors (Lipinski definition) is 5. The number of ether oxygens (including phenoxy) is 2. The van der Waals surface area contributed by atoms with E-state index in [4.69, 9.17) is 13.9 Å². The van der Waals surface area contributed by atoms with Crippen molar-refractivity contribution >= 4 is 5.78 Å². The molecule has 0 saturated heterocycles. The van der Waals surface area contributed by atoms with Gasteiger partial charge in [-0.3, -0.25) is 4.79 Å². The molecule has 5 nitrogen and oxygen atoms in total. The number of fused-ring (bicyclic) bond motifs is 1. The van der Waals surface area contributed by atoms with E-state index < -0.39 is 5.92 Å². The highest BCUT2D eigenvalue weighted by atomic mass is 16.7. The van der Waals surface area contributed by atoms with Crippen molar-refractivity contribution in [1.29, 1.82) is 5.26 Å². The topological polar surface area (TPSA) is 72.5 Å². The van der Waals surface area contributed by atoms with Gasteiger partial charge in [0.15, 0.2) is 17.3 Å². The average molecular weight is 269 g/mol. The summed E-state index contributed by atoms with van der Waals surface area (Å²) in [5, 5.41) is 9.29. The lowest BCUT2D eigenvalue weighted by Crippen LogP contribution is -2.10. The number of rotatable bonds is 3. The normalized spacial score (nSPS) is 13.8. The van der Waals surface area contributed by atoms with Gasteiger partial charge in [0, 0.05) is 0 Å². The predicted molar refractivity (Wildman–Crippen MR) is 68.7 cm³/mol. The lowest BCUT2D eigenvalue weighted by atomic mass is 9.92. The molecule has 2 aromatic rings. The Hall–Kier alpha value is -2.74. The van der Waals surface area contributed by atoms with Gasteiger partial charge in [-0.15, -0.1) is 0 Å². The number of benzene rings is 1. The molecule has 1 unspecified atom stereocenters. The maximum absolute atomic E-state index is 12.3. The highest BCUT2D eigenvalue weighted by Gasteiger charge is 2.25. The van der Waals surface area contributed by atoms with Crippen molar-refractivity contribution in [2.24, 2.45) is 0 Å². The number of ketones is 1. The van der Waals surface area contributed by atoms with E-state index in [0.717, 1.165) is 0 Å². The zero-order valence-corrected chi connectivity index (χ0v) is 10.8. The van der Waals surface area contributed by atoms with Crippen LogP contribution < -0.4 is 9.47 Å². The van der Waals surface area contributed by atoms with Crippen LogP contribution in [-0.2, 0) is 0 Å². The standard InChI is InChI=1S/C15H11NO4/c1-9-4-11(7-18-9)15(17)12(6-16)10-2-3-13-14(5-10)20-8-19-13/h2-5,7,12H,8H2,1H3. The summed E-state index contributed by atoms with van der Waals surface area (Å²) in [5.41, 5.74) is 0.979. The average Bonchev–Trinajstić information content (AvgIpc) is 3.07. The summed E-state index contributed by atoms with van der Waals surface area (Å²) in [6.45, 7) is 1.91. The van der Waals surface area contributed by atoms with E-state index in [0.29, 0.717) is 28.4 Å². The fourth-order valence-corrected chi connectivity index (χ4v) is 2.12. The van der Waals surface area contributed by atoms with Crippen LogP contribution in [0.25, 0.3) is 0 Å². The molecule has 0 saturated carbocycles. The van der Waals surface area contributed by atoms with Crippen LogP contribution in [-0.4, -0.2) is 12.6 Å². The number of hydrogen-bond donors (Lipinski definition) is 0. The maximum atomic E-state index is 12.3. The molecular formula is C15H11NO4. The fourth-order valence-electron chi connectivity index (χ4n) is 2.12. The number of nitrogens with zero attached hydrogens (tertiary/aromatic N) is 1. The number of Topliss-reactive ketones (excluding diaryl/α,β-unsaturated/α-hetero) is 1. The third-order valence-electron chi connectivity index (χ3n) is 3.14. The summed E-state index contributed by atoms with van der Waals surface area (Å²) in [4.78, 5) is 12.3. The number of aryl methyl sites for hydroxylation is 1. The van der Waals surface area contributed by atoms with E-state index in [1.807, 2.05) is 6.07 Å². The van der Waals surface area contributed by atoms with E-state index in [-0.39, 0.29) is 12.6 Å². The van der Waals surface area contributed by atoms with Crippen LogP contribution in [0.15, 0.2) is 34.9 Å². The molecule has 1 aromatic heterocycles. The third kappa shape index (κ3) is 2.01. The Morgan fingerprint density at radius 2 is 2.10 bits per heavy atom. The number of nitriles is 1. The van der Waals surface area contributed by atoms with Gasteiger partial charge < -0.3 is 13.9 Å². The van der Waals surface area contributed by atoms with Crippen LogP contribution in [0.1, 0.15) is 27.6 Å². The Morgan fingerprint density at radius 1 is 1.30 bits per heavy atom. The molecule has 1 aliphatic rings. The third-order valence-corrected chi connectivity index (χ3v) is 3.14. The molecule has 0 bridgehead atoms. The van der Waals surface area contributed by atoms with E-state index in [2.05, 4.69) is 0 Å². The highest BCUT2D eigenvalue weighted by Crippen LogP contribution is 2.35. The quantitative estimate of drug-likeness (QED) is 0.801. The van der Waals surface area contributed by atoms with Gasteiger partial charge in [-0.2, -0.15) is 5.26 Å². The Kier molecular flexibility index (Phi) is 2.92. The fraction of sp³-hybridized carbons (Fsp3) is 0.200. The van der Waals surface area contributed by atoms with Crippen LogP contribution in [0.4, 0.5) is 0 Å². The van der Waals surface area contributed by atoms with E-state index >= 15 is 0 Å². The van der Waals surface area contributed by atoms with Crippen molar-refractivity contribution in [3.05, 3.63) is 47.4 Å². The summed E-state index contributed by atoms with van der Waals surface area (Å²) in [5.74, 6) is 0.636. The molecule has 0 fully saturated rings. The van der Waals surface area contributed by atoms with Gasteiger partial charge in [0.25, 0.3) is 0 Å². The minimum atomic E-state index is -0.888. The summed E-state index contributed by atoms with van der Waals surface area (Å²) in [6, 6.07) is 8.73. The molecule has 100 valence electrons. The second-order valence-electron chi connectivity index (χ2n) is 4.49. The van der Waals surface area contributed by atoms with Gasteiger partial charge >= 0.3 is 0 Å². The number of carbonyl (C=O) groups excluding carboxylic acids is 1. The molecule has 2 heterocycles. The predicted octanol–water partition coefficient (Wildman–Crippen LogP) is 2.81. The zero-order valence-electron chi connectivity index (χ0n) is 10.8. The Balaban J connectivity index is 1.94. The van der Waals surface area contributed by atoms with E-state index in [9.17, 15) is 10.1 Å². The molecule has 20 heavy (non-hydrogen) atoms. The van der Waals surface area contributed by atoms with Crippen LogP contribution in [0.3, 0.4) is 0 Å². The van der Waals surface area contributed by atoms with Gasteiger partial charge in [0.05, 0.1) is 11.6 Å². The molecule has 0 N–H and O–H groups in total. The maximum Gasteiger partial charge on any atom is 0.231 e. The highest BCUT2D eigenvalue weighted by molar-refractivity contribution is 6.02. The monoisotopic (exact) mass is 269 g/mol. The first-order valence-electron chi connectivity index (χ1n) is 6.07. The number of carbonyl (C=O) groups is 1. The summed E-state index contributed by atoms with van der Waals surface area (Å²) < 4.78 is 15.6. The summed E-state index contributed by atoms with van der Waals surface area (Å²) in [7, 11) is 0. The molecular weight excluding hydrogens is 258 g/mol. The molecule has 3 rings (SSSR count). The molecule has 0 aliphatic carbocycles. The first-order valence-corrected chi connectivity index (χ1v) is 6.07. The first-order chi connectivity index (χ1) is 9.69. The molecule has 1 atom stereocenters.